The molecule has 0 aliphatic carbocycles. The molecule has 26 heavy (non-hydrogen) atoms. The molecule has 1 aromatic rings. The van der Waals surface area contributed by atoms with Crippen molar-refractivity contribution in [1.29, 1.82) is 0 Å². The summed E-state index contributed by atoms with van der Waals surface area (Å²) in [5.74, 6) is 7.50. The van der Waals surface area contributed by atoms with Crippen molar-refractivity contribution in [3.05, 3.63) is 35.9 Å². The van der Waals surface area contributed by atoms with Crippen LogP contribution >= 0.6 is 0 Å². The molecular formula is C25H42Sn. The van der Waals surface area contributed by atoms with Gasteiger partial charge in [-0.25, -0.2) is 0 Å². The fraction of sp³-hybridized carbons (Fsp3) is 0.680. The summed E-state index contributed by atoms with van der Waals surface area (Å²) in [6, 6.07) is 11.4. The second-order valence-electron chi connectivity index (χ2n) is 7.94. The van der Waals surface area contributed by atoms with Gasteiger partial charge in [-0.05, 0) is 0 Å². The van der Waals surface area contributed by atoms with Crippen LogP contribution in [0.1, 0.15) is 95.0 Å². The van der Waals surface area contributed by atoms with Crippen LogP contribution in [0.25, 0.3) is 0 Å². The molecule has 0 spiro atoms. The molecule has 0 heterocycles. The van der Waals surface area contributed by atoms with Crippen LogP contribution in [-0.2, 0) is 0 Å². The molecule has 0 aliphatic heterocycles. The molecule has 0 amide bonds. The van der Waals surface area contributed by atoms with Crippen LogP contribution < -0.4 is 0 Å². The van der Waals surface area contributed by atoms with Crippen LogP contribution in [0.3, 0.4) is 0 Å². The van der Waals surface area contributed by atoms with Crippen molar-refractivity contribution in [2.24, 2.45) is 0 Å². The average molecular weight is 461 g/mol. The number of hydrogen-bond acceptors (Lipinski definition) is 0. The standard InChI is InChI=1S/C13H15.3C4H9.Sn/c1-2-3-4-5-7-10-13-11-8-6-9-12-13;3*1-3-4-2;/h6,8-12H,2-4H2,1H3;3*1,3-4H2,2H3;. The summed E-state index contributed by atoms with van der Waals surface area (Å²) in [6.07, 6.45) is 11.8. The van der Waals surface area contributed by atoms with Crippen LogP contribution in [0, 0.1) is 11.8 Å². The first-order valence-corrected chi connectivity index (χ1v) is 19.0. The third kappa shape index (κ3) is 8.08. The van der Waals surface area contributed by atoms with Gasteiger partial charge in [-0.15, -0.1) is 0 Å². The summed E-state index contributed by atoms with van der Waals surface area (Å²) >= 11 is -2.39. The Morgan fingerprint density at radius 1 is 0.731 bits per heavy atom. The van der Waals surface area contributed by atoms with Gasteiger partial charge < -0.3 is 0 Å². The molecule has 0 radical (unpaired) electrons. The minimum absolute atomic E-state index is 0.604. The summed E-state index contributed by atoms with van der Waals surface area (Å²) < 4.78 is 5.21. The number of unbranched alkanes of at least 4 members (excludes halogenated alkanes) is 5. The van der Waals surface area contributed by atoms with Crippen molar-refractivity contribution < 1.29 is 0 Å². The van der Waals surface area contributed by atoms with E-state index in [1.54, 1.807) is 0 Å². The van der Waals surface area contributed by atoms with Crippen molar-refractivity contribution in [1.82, 2.24) is 0 Å². The van der Waals surface area contributed by atoms with Gasteiger partial charge in [0.2, 0.25) is 0 Å². The van der Waals surface area contributed by atoms with Crippen LogP contribution in [0.4, 0.5) is 0 Å². The van der Waals surface area contributed by atoms with Crippen molar-refractivity contribution in [2.45, 2.75) is 103 Å². The summed E-state index contributed by atoms with van der Waals surface area (Å²) in [5, 5.41) is 0. The molecule has 0 nitrogen and oxygen atoms in total. The predicted octanol–water partition coefficient (Wildman–Crippen LogP) is 8.35. The normalized spacial score (nSPS) is 12.5. The molecule has 0 aliphatic rings. The van der Waals surface area contributed by atoms with Gasteiger partial charge in [0.15, 0.2) is 0 Å². The first kappa shape index (κ1) is 23.6. The van der Waals surface area contributed by atoms with E-state index in [1.165, 1.54) is 70.2 Å². The quantitative estimate of drug-likeness (QED) is 0.157. The molecule has 0 N–H and O–H groups in total. The van der Waals surface area contributed by atoms with E-state index in [0.717, 1.165) is 6.42 Å². The molecule has 1 atom stereocenters. The van der Waals surface area contributed by atoms with E-state index in [9.17, 15) is 0 Å². The molecule has 0 bridgehead atoms. The number of hydrogen-bond donors (Lipinski definition) is 0. The topological polar surface area (TPSA) is 0 Å². The maximum atomic E-state index is 3.88. The molecule has 0 saturated heterocycles. The fourth-order valence-corrected chi connectivity index (χ4v) is 21.5. The zero-order valence-corrected chi connectivity index (χ0v) is 20.8. The van der Waals surface area contributed by atoms with Gasteiger partial charge in [0.1, 0.15) is 0 Å². The number of benzene rings is 1. The monoisotopic (exact) mass is 462 g/mol. The maximum absolute atomic E-state index is 3.88. The Hall–Kier alpha value is -0.421. The Kier molecular flexibility index (Phi) is 13.3. The van der Waals surface area contributed by atoms with E-state index < -0.39 is 18.4 Å². The molecule has 0 fully saturated rings. The van der Waals surface area contributed by atoms with Gasteiger partial charge >= 0.3 is 169 Å². The molecular weight excluding hydrogens is 419 g/mol. The van der Waals surface area contributed by atoms with Crippen molar-refractivity contribution >= 4 is 18.4 Å². The fourth-order valence-electron chi connectivity index (χ4n) is 4.07. The van der Waals surface area contributed by atoms with Crippen LogP contribution in [0.5, 0.6) is 0 Å². The Labute approximate surface area is 168 Å². The van der Waals surface area contributed by atoms with Crippen molar-refractivity contribution in [3.8, 4) is 11.8 Å². The van der Waals surface area contributed by atoms with Crippen molar-refractivity contribution in [2.75, 3.05) is 0 Å². The predicted molar refractivity (Wildman–Crippen MR) is 121 cm³/mol. The molecule has 1 rings (SSSR count). The van der Waals surface area contributed by atoms with E-state index >= 15 is 0 Å². The first-order chi connectivity index (χ1) is 12.7. The molecule has 1 aromatic carbocycles. The zero-order chi connectivity index (χ0) is 19.1. The first-order valence-electron chi connectivity index (χ1n) is 11.3. The van der Waals surface area contributed by atoms with E-state index in [-0.39, 0.29) is 0 Å². The third-order valence-electron chi connectivity index (χ3n) is 5.73. The van der Waals surface area contributed by atoms with Gasteiger partial charge in [0.05, 0.1) is 0 Å². The molecule has 0 aromatic heterocycles. The summed E-state index contributed by atoms with van der Waals surface area (Å²) in [6.45, 7) is 9.35. The van der Waals surface area contributed by atoms with E-state index in [1.807, 2.05) is 0 Å². The van der Waals surface area contributed by atoms with Gasteiger partial charge in [-0.1, -0.05) is 0 Å². The van der Waals surface area contributed by atoms with Gasteiger partial charge in [-0.2, -0.15) is 0 Å². The molecule has 1 unspecified atom stereocenters. The van der Waals surface area contributed by atoms with Crippen molar-refractivity contribution in [3.63, 3.8) is 0 Å². The van der Waals surface area contributed by atoms with E-state index in [4.69, 9.17) is 0 Å². The number of rotatable bonds is 13. The zero-order valence-electron chi connectivity index (χ0n) is 17.9. The summed E-state index contributed by atoms with van der Waals surface area (Å²) in [4.78, 5) is 0. The van der Waals surface area contributed by atoms with Crippen LogP contribution in [0.2, 0.25) is 13.3 Å². The summed E-state index contributed by atoms with van der Waals surface area (Å²) in [7, 11) is 0. The average Bonchev–Trinajstić information content (AvgIpc) is 2.69. The minimum atomic E-state index is -2.39. The Bertz CT molecular complexity index is 486. The van der Waals surface area contributed by atoms with Gasteiger partial charge in [0.25, 0.3) is 0 Å². The Morgan fingerprint density at radius 2 is 1.23 bits per heavy atom. The third-order valence-corrected chi connectivity index (χ3v) is 22.1. The Balaban J connectivity index is 3.26. The second-order valence-corrected chi connectivity index (χ2v) is 21.6. The van der Waals surface area contributed by atoms with Crippen LogP contribution in [0.15, 0.2) is 30.3 Å². The Morgan fingerprint density at radius 3 is 1.69 bits per heavy atom. The van der Waals surface area contributed by atoms with Crippen LogP contribution in [-0.4, -0.2) is 18.4 Å². The van der Waals surface area contributed by atoms with Gasteiger partial charge in [-0.3, -0.25) is 0 Å². The second kappa shape index (κ2) is 14.6. The summed E-state index contributed by atoms with van der Waals surface area (Å²) in [5.41, 5.74) is 1.54. The van der Waals surface area contributed by atoms with Gasteiger partial charge in [0, 0.05) is 0 Å². The molecule has 146 valence electrons. The van der Waals surface area contributed by atoms with E-state index in [0.29, 0.717) is 3.93 Å². The SMILES string of the molecule is CCCCC#C[CH](c1ccccc1)[Sn]([CH2]CCC)([CH2]CCC)[CH2]CCC. The van der Waals surface area contributed by atoms with E-state index in [2.05, 4.69) is 69.9 Å². The molecule has 1 heteroatoms. The molecule has 0 saturated carbocycles.